The zero-order valence-corrected chi connectivity index (χ0v) is 26.5. The second-order valence-electron chi connectivity index (χ2n) is 11.4. The lowest BCUT2D eigenvalue weighted by molar-refractivity contribution is -0.186. The second kappa shape index (κ2) is 17.2. The summed E-state index contributed by atoms with van der Waals surface area (Å²) in [6, 6.07) is 15.8. The molecule has 1 fully saturated rings. The fourth-order valence-electron chi connectivity index (χ4n) is 4.66. The van der Waals surface area contributed by atoms with Crippen LogP contribution in [0.4, 0.5) is 0 Å². The minimum absolute atomic E-state index is 0.0366. The van der Waals surface area contributed by atoms with Gasteiger partial charge in [0.25, 0.3) is 10.0 Å². The first-order valence-electron chi connectivity index (χ1n) is 15.1. The molecule has 0 spiro atoms. The molecule has 1 aromatic heterocycles. The van der Waals surface area contributed by atoms with Crippen LogP contribution in [0.1, 0.15) is 24.8 Å². The lowest BCUT2D eigenvalue weighted by Gasteiger charge is -2.30. The van der Waals surface area contributed by atoms with Gasteiger partial charge in [0.05, 0.1) is 24.9 Å². The summed E-state index contributed by atoms with van der Waals surface area (Å²) < 4.78 is 39.7. The lowest BCUT2D eigenvalue weighted by atomic mass is 9.75. The van der Waals surface area contributed by atoms with Crippen LogP contribution in [0.15, 0.2) is 78.1 Å². The topological polar surface area (TPSA) is 261 Å². The number of nitrogens with one attached hydrogen (secondary N) is 2. The third kappa shape index (κ3) is 10.7. The van der Waals surface area contributed by atoms with Gasteiger partial charge in [0.15, 0.2) is 11.3 Å². The van der Waals surface area contributed by atoms with E-state index >= 15 is 0 Å². The largest absolute Gasteiger partial charge is 0.480 e. The molecule has 1 saturated carbocycles. The molecule has 18 heteroatoms. The molecule has 1 amide bonds. The summed E-state index contributed by atoms with van der Waals surface area (Å²) in [6.07, 6.45) is -6.94. The Bertz CT molecular complexity index is 1540. The Morgan fingerprint density at radius 1 is 0.917 bits per heavy atom. The highest BCUT2D eigenvalue weighted by Crippen LogP contribution is 2.34. The molecule has 3 aromatic rings. The van der Waals surface area contributed by atoms with Crippen molar-refractivity contribution in [2.45, 2.75) is 73.4 Å². The third-order valence-corrected chi connectivity index (χ3v) is 8.91. The average Bonchev–Trinajstić information content (AvgIpc) is 3.91. The molecule has 1 heterocycles. The van der Waals surface area contributed by atoms with Crippen LogP contribution >= 0.6 is 0 Å². The quantitative estimate of drug-likeness (QED) is 0.0499. The van der Waals surface area contributed by atoms with Crippen molar-refractivity contribution in [2.24, 2.45) is 5.92 Å². The summed E-state index contributed by atoms with van der Waals surface area (Å²) in [5, 5.41) is 71.8. The van der Waals surface area contributed by atoms with Crippen molar-refractivity contribution in [2.75, 3.05) is 6.61 Å². The summed E-state index contributed by atoms with van der Waals surface area (Å²) in [4.78, 5) is 21.6. The van der Waals surface area contributed by atoms with E-state index in [-0.39, 0.29) is 24.6 Å². The molecule has 0 saturated heterocycles. The molecule has 0 bridgehead atoms. The molecular formula is C30H39BN4O12S. The van der Waals surface area contributed by atoms with Crippen molar-refractivity contribution in [1.29, 1.82) is 0 Å². The average molecular weight is 691 g/mol. The van der Waals surface area contributed by atoms with Crippen molar-refractivity contribution >= 4 is 23.0 Å². The first-order valence-corrected chi connectivity index (χ1v) is 16.6. The maximum absolute atomic E-state index is 13.7. The number of rotatable bonds is 19. The Kier molecular flexibility index (Phi) is 13.4. The number of aliphatic hydroxyl groups excluding tert-OH is 6. The van der Waals surface area contributed by atoms with E-state index in [1.165, 1.54) is 0 Å². The van der Waals surface area contributed by atoms with E-state index in [0.29, 0.717) is 11.3 Å². The Labute approximate surface area is 277 Å². The van der Waals surface area contributed by atoms with Crippen LogP contribution in [0.25, 0.3) is 0 Å². The first-order chi connectivity index (χ1) is 22.9. The Morgan fingerprint density at radius 3 is 2.15 bits per heavy atom. The fourth-order valence-corrected chi connectivity index (χ4v) is 5.73. The Balaban J connectivity index is 1.48. The summed E-state index contributed by atoms with van der Waals surface area (Å²) in [5.74, 6) is -1.50. The van der Waals surface area contributed by atoms with Gasteiger partial charge in [0.1, 0.15) is 36.2 Å². The predicted molar refractivity (Wildman–Crippen MR) is 168 cm³/mol. The number of hydrogen-bond donors (Lipinski definition) is 9. The zero-order chi connectivity index (χ0) is 34.8. The summed E-state index contributed by atoms with van der Waals surface area (Å²) in [5.41, 5.74) is 0.602. The number of amides is 1. The van der Waals surface area contributed by atoms with Crippen molar-refractivity contribution in [3.8, 4) is 11.6 Å². The van der Waals surface area contributed by atoms with Gasteiger partial charge in [-0.1, -0.05) is 61.4 Å². The smallest absolute Gasteiger partial charge is 0.438 e. The zero-order valence-electron chi connectivity index (χ0n) is 25.6. The number of aromatic nitrogens is 2. The van der Waals surface area contributed by atoms with Crippen LogP contribution in [0, 0.1) is 5.92 Å². The highest BCUT2D eigenvalue weighted by Gasteiger charge is 2.41. The summed E-state index contributed by atoms with van der Waals surface area (Å²) in [7, 11) is -6.40. The standard InChI is InChI=1S/C30H39BN4O12S/c36-17-22(37)26(38)27(39)28(40)30(42)47-31(43)23(14-19-11-12-19)34-29(41)21(13-18-7-3-1-4-8-18)35-48(44,45)25-16-32-24(15-33-25)46-20-9-5-2-6-10-20/h1-10,15-16,19,21-23,26-28,30,35-40,42-43H,11-14,17H2,(H,34,41)/t21-,22+,23-,26+,27-,28-,30?/m0/s1. The minimum atomic E-state index is -4.43. The molecule has 2 aromatic carbocycles. The number of para-hydroxylation sites is 1. The van der Waals surface area contributed by atoms with E-state index in [2.05, 4.69) is 20.0 Å². The van der Waals surface area contributed by atoms with Gasteiger partial charge in [0.2, 0.25) is 11.8 Å². The summed E-state index contributed by atoms with van der Waals surface area (Å²) >= 11 is 0. The molecule has 260 valence electrons. The Hall–Kier alpha value is -3.56. The Morgan fingerprint density at radius 2 is 1.56 bits per heavy atom. The molecule has 48 heavy (non-hydrogen) atoms. The van der Waals surface area contributed by atoms with Gasteiger partial charge in [-0.25, -0.2) is 18.4 Å². The summed E-state index contributed by atoms with van der Waals surface area (Å²) in [6.45, 7) is -0.950. The van der Waals surface area contributed by atoms with Crippen molar-refractivity contribution < 1.29 is 58.3 Å². The van der Waals surface area contributed by atoms with Gasteiger partial charge in [-0.3, -0.25) is 4.79 Å². The van der Waals surface area contributed by atoms with Crippen LogP contribution in [-0.4, -0.2) is 116 Å². The molecule has 4 rings (SSSR count). The van der Waals surface area contributed by atoms with E-state index in [9.17, 15) is 43.8 Å². The molecule has 0 radical (unpaired) electrons. The molecule has 1 aliphatic rings. The maximum atomic E-state index is 13.7. The van der Waals surface area contributed by atoms with Crippen LogP contribution in [0.5, 0.6) is 11.6 Å². The second-order valence-corrected chi connectivity index (χ2v) is 13.1. The van der Waals surface area contributed by atoms with E-state index < -0.39 is 77.4 Å². The van der Waals surface area contributed by atoms with Crippen molar-refractivity contribution in [1.82, 2.24) is 20.0 Å². The SMILES string of the molecule is O=C(N[C@@H](CC1CC1)B(O)OC(O)[C@@H](O)[C@@H](O)[C@H](O)[C@H](O)CO)[C@H](Cc1ccccc1)NS(=O)(=O)c1cnc(Oc2ccccc2)cn1. The van der Waals surface area contributed by atoms with E-state index in [1.54, 1.807) is 60.7 Å². The van der Waals surface area contributed by atoms with Crippen molar-refractivity contribution in [3.63, 3.8) is 0 Å². The molecule has 0 aliphatic heterocycles. The number of benzene rings is 2. The van der Waals surface area contributed by atoms with Gasteiger partial charge in [0, 0.05) is 0 Å². The number of nitrogens with zero attached hydrogens (tertiary/aromatic N) is 2. The monoisotopic (exact) mass is 690 g/mol. The number of ether oxygens (including phenoxy) is 1. The molecule has 16 nitrogen and oxygen atoms in total. The molecule has 9 N–H and O–H groups in total. The fraction of sp³-hybridized carbons (Fsp3) is 0.433. The van der Waals surface area contributed by atoms with Crippen LogP contribution in [0.3, 0.4) is 0 Å². The van der Waals surface area contributed by atoms with Crippen LogP contribution in [0.2, 0.25) is 0 Å². The molecule has 1 aliphatic carbocycles. The van der Waals surface area contributed by atoms with Crippen LogP contribution < -0.4 is 14.8 Å². The number of sulfonamides is 1. The highest BCUT2D eigenvalue weighted by atomic mass is 32.2. The molecular weight excluding hydrogens is 651 g/mol. The van der Waals surface area contributed by atoms with Crippen molar-refractivity contribution in [3.05, 3.63) is 78.6 Å². The third-order valence-electron chi connectivity index (χ3n) is 7.55. The van der Waals surface area contributed by atoms with E-state index in [1.807, 2.05) is 0 Å². The first kappa shape index (κ1) is 37.3. The highest BCUT2D eigenvalue weighted by molar-refractivity contribution is 7.89. The van der Waals surface area contributed by atoms with E-state index in [0.717, 1.165) is 25.2 Å². The normalized spacial score (nSPS) is 17.7. The lowest BCUT2D eigenvalue weighted by Crippen LogP contribution is -2.57. The van der Waals surface area contributed by atoms with Gasteiger partial charge >= 0.3 is 7.12 Å². The molecule has 1 unspecified atom stereocenters. The van der Waals surface area contributed by atoms with Gasteiger partial charge in [-0.05, 0) is 36.5 Å². The predicted octanol–water partition coefficient (Wildman–Crippen LogP) is -1.77. The maximum Gasteiger partial charge on any atom is 0.480 e. The van der Waals surface area contributed by atoms with E-state index in [4.69, 9.17) is 14.5 Å². The minimum Gasteiger partial charge on any atom is -0.438 e. The number of hydrogen-bond acceptors (Lipinski definition) is 14. The number of carbonyl (C=O) groups excluding carboxylic acids is 1. The number of carbonyl (C=O) groups is 1. The molecule has 7 atom stereocenters. The van der Waals surface area contributed by atoms with Crippen LogP contribution in [-0.2, 0) is 25.9 Å². The number of aliphatic hydroxyl groups is 6. The van der Waals surface area contributed by atoms with Gasteiger partial charge < -0.3 is 50.4 Å². The van der Waals surface area contributed by atoms with Gasteiger partial charge in [-0.2, -0.15) is 4.72 Å². The van der Waals surface area contributed by atoms with Gasteiger partial charge in [-0.15, -0.1) is 0 Å².